The molecule has 0 saturated carbocycles. The molecule has 0 amide bonds. The first kappa shape index (κ1) is 18.5. The van der Waals surface area contributed by atoms with Gasteiger partial charge in [-0.15, -0.1) is 5.10 Å². The third-order valence-electron chi connectivity index (χ3n) is 4.10. The smallest absolute Gasteiger partial charge is 0.263 e. The number of methoxy groups -OCH3 is 1. The first-order valence-corrected chi connectivity index (χ1v) is 8.69. The third-order valence-corrected chi connectivity index (χ3v) is 4.10. The van der Waals surface area contributed by atoms with E-state index in [1.165, 1.54) is 5.56 Å². The summed E-state index contributed by atoms with van der Waals surface area (Å²) in [6, 6.07) is 15.9. The number of hydrazone groups is 1. The topological polar surface area (TPSA) is 72.3 Å². The summed E-state index contributed by atoms with van der Waals surface area (Å²) >= 11 is 0. The Kier molecular flexibility index (Phi) is 5.45. The van der Waals surface area contributed by atoms with Crippen molar-refractivity contribution >= 4 is 12.2 Å². The molecule has 0 atom stereocenters. The normalized spacial score (nSPS) is 11.6. The Morgan fingerprint density at radius 2 is 1.70 bits per heavy atom. The number of hydrogen-bond acceptors (Lipinski definition) is 6. The lowest BCUT2D eigenvalue weighted by Gasteiger charge is -2.18. The molecule has 0 saturated heterocycles. The van der Waals surface area contributed by atoms with E-state index in [2.05, 4.69) is 58.6 Å². The van der Waals surface area contributed by atoms with Gasteiger partial charge in [-0.2, -0.15) is 10.2 Å². The van der Waals surface area contributed by atoms with E-state index in [4.69, 9.17) is 4.74 Å². The second kappa shape index (κ2) is 7.95. The minimum absolute atomic E-state index is 0.134. The minimum atomic E-state index is 0.134. The van der Waals surface area contributed by atoms with Crippen LogP contribution >= 0.6 is 0 Å². The van der Waals surface area contributed by atoms with Gasteiger partial charge in [-0.05, 0) is 40.8 Å². The highest BCUT2D eigenvalue weighted by Crippen LogP contribution is 2.22. The maximum atomic E-state index is 5.17. The van der Waals surface area contributed by atoms with Gasteiger partial charge >= 0.3 is 0 Å². The molecule has 0 spiro atoms. The highest BCUT2D eigenvalue weighted by atomic mass is 16.5. The largest absolute Gasteiger partial charge is 0.497 e. The zero-order valence-corrected chi connectivity index (χ0v) is 16.0. The van der Waals surface area contributed by atoms with Crippen LogP contribution in [0, 0.1) is 0 Å². The summed E-state index contributed by atoms with van der Waals surface area (Å²) < 4.78 is 5.17. The molecule has 0 unspecified atom stereocenters. The SMILES string of the molecule is COc1ccc(-c2cnnc(N/N=C/c3ccc(C(C)(C)C)cc3)n2)cc1. The van der Waals surface area contributed by atoms with Crippen molar-refractivity contribution in [3.05, 3.63) is 65.9 Å². The van der Waals surface area contributed by atoms with Gasteiger partial charge in [0.15, 0.2) is 0 Å². The van der Waals surface area contributed by atoms with E-state index in [9.17, 15) is 0 Å². The zero-order valence-electron chi connectivity index (χ0n) is 16.0. The molecular weight excluding hydrogens is 338 g/mol. The summed E-state index contributed by atoms with van der Waals surface area (Å²) in [5.74, 6) is 1.13. The Labute approximate surface area is 159 Å². The van der Waals surface area contributed by atoms with Crippen molar-refractivity contribution in [3.63, 3.8) is 0 Å². The van der Waals surface area contributed by atoms with Crippen LogP contribution in [0.2, 0.25) is 0 Å². The van der Waals surface area contributed by atoms with Crippen molar-refractivity contribution in [1.82, 2.24) is 15.2 Å². The molecule has 27 heavy (non-hydrogen) atoms. The minimum Gasteiger partial charge on any atom is -0.497 e. The second-order valence-corrected chi connectivity index (χ2v) is 7.14. The standard InChI is InChI=1S/C21H23N5O/c1-21(2,3)17-9-5-15(6-10-17)13-22-25-20-24-19(14-23-26-20)16-7-11-18(27-4)12-8-16/h5-14H,1-4H3,(H,24,25,26)/b22-13+. The number of hydrogen-bond donors (Lipinski definition) is 1. The predicted octanol–water partition coefficient (Wildman–Crippen LogP) is 4.29. The van der Waals surface area contributed by atoms with Crippen LogP contribution in [0.25, 0.3) is 11.3 Å². The molecule has 0 fully saturated rings. The molecule has 0 aliphatic heterocycles. The van der Waals surface area contributed by atoms with Gasteiger partial charge in [0.2, 0.25) is 0 Å². The molecule has 0 aliphatic rings. The second-order valence-electron chi connectivity index (χ2n) is 7.14. The molecule has 0 radical (unpaired) electrons. The van der Waals surface area contributed by atoms with Crippen molar-refractivity contribution in [1.29, 1.82) is 0 Å². The van der Waals surface area contributed by atoms with E-state index < -0.39 is 0 Å². The molecule has 1 N–H and O–H groups in total. The number of anilines is 1. The summed E-state index contributed by atoms with van der Waals surface area (Å²) in [4.78, 5) is 4.44. The maximum Gasteiger partial charge on any atom is 0.263 e. The zero-order chi connectivity index (χ0) is 19.3. The van der Waals surface area contributed by atoms with E-state index in [1.54, 1.807) is 19.5 Å². The molecule has 138 valence electrons. The molecule has 1 aromatic heterocycles. The van der Waals surface area contributed by atoms with Crippen LogP contribution in [0.4, 0.5) is 5.95 Å². The molecule has 6 nitrogen and oxygen atoms in total. The highest BCUT2D eigenvalue weighted by molar-refractivity contribution is 5.80. The van der Waals surface area contributed by atoms with E-state index in [1.807, 2.05) is 36.4 Å². The van der Waals surface area contributed by atoms with Crippen LogP contribution in [-0.2, 0) is 5.41 Å². The Morgan fingerprint density at radius 3 is 2.33 bits per heavy atom. The lowest BCUT2D eigenvalue weighted by molar-refractivity contribution is 0.415. The summed E-state index contributed by atoms with van der Waals surface area (Å²) in [6.07, 6.45) is 3.35. The van der Waals surface area contributed by atoms with Crippen LogP contribution in [0.5, 0.6) is 5.75 Å². The fourth-order valence-electron chi connectivity index (χ4n) is 2.49. The van der Waals surface area contributed by atoms with Crippen LogP contribution in [0.3, 0.4) is 0 Å². The highest BCUT2D eigenvalue weighted by Gasteiger charge is 2.12. The van der Waals surface area contributed by atoms with Gasteiger partial charge in [0, 0.05) is 5.56 Å². The summed E-state index contributed by atoms with van der Waals surface area (Å²) in [5, 5.41) is 12.2. The van der Waals surface area contributed by atoms with E-state index in [0.717, 1.165) is 16.9 Å². The van der Waals surface area contributed by atoms with Crippen molar-refractivity contribution in [3.8, 4) is 17.0 Å². The number of ether oxygens (including phenoxy) is 1. The average molecular weight is 361 g/mol. The van der Waals surface area contributed by atoms with Crippen molar-refractivity contribution in [2.45, 2.75) is 26.2 Å². The van der Waals surface area contributed by atoms with Crippen LogP contribution in [0.15, 0.2) is 59.8 Å². The number of rotatable bonds is 5. The van der Waals surface area contributed by atoms with Crippen molar-refractivity contribution in [2.24, 2.45) is 5.10 Å². The van der Waals surface area contributed by atoms with E-state index >= 15 is 0 Å². The molecule has 1 heterocycles. The fraction of sp³-hybridized carbons (Fsp3) is 0.238. The molecule has 3 rings (SSSR count). The van der Waals surface area contributed by atoms with Gasteiger partial charge in [0.25, 0.3) is 5.95 Å². The third kappa shape index (κ3) is 4.88. The van der Waals surface area contributed by atoms with Crippen molar-refractivity contribution < 1.29 is 4.74 Å². The van der Waals surface area contributed by atoms with E-state index in [-0.39, 0.29) is 5.41 Å². The maximum absolute atomic E-state index is 5.17. The molecule has 0 bridgehead atoms. The number of nitrogens with one attached hydrogen (secondary N) is 1. The van der Waals surface area contributed by atoms with Crippen LogP contribution in [-0.4, -0.2) is 28.5 Å². The Bertz CT molecular complexity index is 913. The monoisotopic (exact) mass is 361 g/mol. The summed E-state index contributed by atoms with van der Waals surface area (Å²) in [5.41, 5.74) is 6.88. The van der Waals surface area contributed by atoms with Gasteiger partial charge in [0.1, 0.15) is 5.75 Å². The first-order chi connectivity index (χ1) is 13.0. The predicted molar refractivity (Wildman–Crippen MR) is 108 cm³/mol. The summed E-state index contributed by atoms with van der Waals surface area (Å²) in [7, 11) is 1.64. The Balaban J connectivity index is 1.68. The average Bonchev–Trinajstić information content (AvgIpc) is 2.68. The van der Waals surface area contributed by atoms with Gasteiger partial charge in [0.05, 0.1) is 25.2 Å². The number of benzene rings is 2. The quantitative estimate of drug-likeness (QED) is 0.542. The van der Waals surface area contributed by atoms with E-state index in [0.29, 0.717) is 11.6 Å². The lowest BCUT2D eigenvalue weighted by atomic mass is 9.87. The fourth-order valence-corrected chi connectivity index (χ4v) is 2.49. The molecule has 2 aromatic carbocycles. The number of nitrogens with zero attached hydrogens (tertiary/aromatic N) is 4. The van der Waals surface area contributed by atoms with Crippen LogP contribution < -0.4 is 10.2 Å². The Morgan fingerprint density at radius 1 is 1.00 bits per heavy atom. The number of aromatic nitrogens is 3. The van der Waals surface area contributed by atoms with Gasteiger partial charge in [-0.3, -0.25) is 0 Å². The van der Waals surface area contributed by atoms with Crippen molar-refractivity contribution in [2.75, 3.05) is 12.5 Å². The first-order valence-electron chi connectivity index (χ1n) is 8.69. The molecular formula is C21H23N5O. The molecule has 3 aromatic rings. The summed E-state index contributed by atoms with van der Waals surface area (Å²) in [6.45, 7) is 6.58. The van der Waals surface area contributed by atoms with Crippen LogP contribution in [0.1, 0.15) is 31.9 Å². The lowest BCUT2D eigenvalue weighted by Crippen LogP contribution is -2.10. The molecule has 0 aliphatic carbocycles. The Hall–Kier alpha value is -3.28. The van der Waals surface area contributed by atoms with Gasteiger partial charge < -0.3 is 4.74 Å². The molecule has 6 heteroatoms. The van der Waals surface area contributed by atoms with Gasteiger partial charge in [-0.25, -0.2) is 10.4 Å². The van der Waals surface area contributed by atoms with Gasteiger partial charge in [-0.1, -0.05) is 45.0 Å².